The molecule has 0 unspecified atom stereocenters. The summed E-state index contributed by atoms with van der Waals surface area (Å²) in [6.45, 7) is 0.482. The molecule has 2 rings (SSSR count). The van der Waals surface area contributed by atoms with Gasteiger partial charge in [0.1, 0.15) is 16.5 Å². The minimum absolute atomic E-state index is 0.0786. The number of benzene rings is 1. The third kappa shape index (κ3) is 2.61. The van der Waals surface area contributed by atoms with E-state index in [1.54, 1.807) is 18.2 Å². The van der Waals surface area contributed by atoms with E-state index in [0.717, 1.165) is 6.08 Å². The first-order valence-electron chi connectivity index (χ1n) is 4.91. The van der Waals surface area contributed by atoms with E-state index in [4.69, 9.17) is 4.84 Å². The van der Waals surface area contributed by atoms with Crippen molar-refractivity contribution in [2.75, 3.05) is 12.4 Å². The molecular weight excluding hydrogens is 276 g/mol. The molecule has 1 aromatic rings. The van der Waals surface area contributed by atoms with Crippen LogP contribution in [0.5, 0.6) is 0 Å². The molecule has 0 saturated carbocycles. The van der Waals surface area contributed by atoms with Gasteiger partial charge in [-0.3, -0.25) is 0 Å². The third-order valence-corrected chi connectivity index (χ3v) is 4.28. The lowest BCUT2D eigenvalue weighted by molar-refractivity contribution is 0.160. The van der Waals surface area contributed by atoms with Crippen LogP contribution in [-0.4, -0.2) is 31.9 Å². The van der Waals surface area contributed by atoms with Crippen LogP contribution in [-0.2, 0) is 19.7 Å². The molecule has 1 aromatic carbocycles. The van der Waals surface area contributed by atoms with Crippen LogP contribution in [0.1, 0.15) is 5.56 Å². The molecule has 0 fully saturated rings. The normalized spacial score (nSPS) is 15.2. The highest BCUT2D eigenvalue weighted by atomic mass is 32.2. The number of rotatable bonds is 3. The van der Waals surface area contributed by atoms with E-state index in [2.05, 4.69) is 9.55 Å². The second-order valence-electron chi connectivity index (χ2n) is 3.23. The SMILES string of the molecule is O=C=NS(=O)(=O)c1ccccc1C1=NOCCS1. The lowest BCUT2D eigenvalue weighted by atomic mass is 10.2. The summed E-state index contributed by atoms with van der Waals surface area (Å²) >= 11 is 1.39. The van der Waals surface area contributed by atoms with Gasteiger partial charge in [0.05, 0.1) is 0 Å². The number of hydrogen-bond acceptors (Lipinski definition) is 6. The van der Waals surface area contributed by atoms with Gasteiger partial charge >= 0.3 is 0 Å². The topological polar surface area (TPSA) is 85.2 Å². The van der Waals surface area contributed by atoms with Crippen LogP contribution in [0.3, 0.4) is 0 Å². The van der Waals surface area contributed by atoms with Gasteiger partial charge in [0.2, 0.25) is 0 Å². The van der Waals surface area contributed by atoms with Gasteiger partial charge in [-0.15, -0.1) is 0 Å². The summed E-state index contributed by atoms with van der Waals surface area (Å²) in [5, 5.41) is 4.27. The maximum absolute atomic E-state index is 11.8. The van der Waals surface area contributed by atoms with Gasteiger partial charge in [0.15, 0.2) is 0 Å². The predicted octanol–water partition coefficient (Wildman–Crippen LogP) is 1.14. The third-order valence-electron chi connectivity index (χ3n) is 2.11. The van der Waals surface area contributed by atoms with Crippen LogP contribution >= 0.6 is 11.8 Å². The van der Waals surface area contributed by atoms with Gasteiger partial charge in [0, 0.05) is 11.3 Å². The molecule has 8 heteroatoms. The van der Waals surface area contributed by atoms with Crippen molar-refractivity contribution in [3.8, 4) is 0 Å². The van der Waals surface area contributed by atoms with Crippen LogP contribution < -0.4 is 0 Å². The maximum atomic E-state index is 11.8. The van der Waals surface area contributed by atoms with Crippen molar-refractivity contribution < 1.29 is 18.0 Å². The van der Waals surface area contributed by atoms with Crippen molar-refractivity contribution >= 4 is 32.9 Å². The van der Waals surface area contributed by atoms with Gasteiger partial charge < -0.3 is 4.84 Å². The van der Waals surface area contributed by atoms with E-state index in [-0.39, 0.29) is 4.90 Å². The molecule has 0 amide bonds. The number of thioether (sulfide) groups is 1. The van der Waals surface area contributed by atoms with E-state index in [0.29, 0.717) is 23.0 Å². The van der Waals surface area contributed by atoms with E-state index >= 15 is 0 Å². The number of isocyanates is 1. The highest BCUT2D eigenvalue weighted by molar-refractivity contribution is 8.14. The van der Waals surface area contributed by atoms with Gasteiger partial charge in [-0.2, -0.15) is 8.42 Å². The molecule has 1 aliphatic heterocycles. The number of nitrogens with zero attached hydrogens (tertiary/aromatic N) is 2. The van der Waals surface area contributed by atoms with Gasteiger partial charge in [0.25, 0.3) is 16.1 Å². The lowest BCUT2D eigenvalue weighted by Crippen LogP contribution is -2.11. The number of hydrogen-bond donors (Lipinski definition) is 0. The molecule has 0 saturated heterocycles. The number of oxime groups is 1. The van der Waals surface area contributed by atoms with Crippen LogP contribution in [0, 0.1) is 0 Å². The first-order chi connectivity index (χ1) is 8.65. The second-order valence-corrected chi connectivity index (χ2v) is 5.89. The fourth-order valence-corrected chi connectivity index (χ4v) is 3.14. The molecule has 6 nitrogen and oxygen atoms in total. The minimum atomic E-state index is -4.04. The molecule has 0 aromatic heterocycles. The summed E-state index contributed by atoms with van der Waals surface area (Å²) in [5.41, 5.74) is 0.376. The average Bonchev–Trinajstić information content (AvgIpc) is 2.40. The zero-order chi connectivity index (χ0) is 13.0. The molecule has 0 atom stereocenters. The van der Waals surface area contributed by atoms with Crippen molar-refractivity contribution in [3.05, 3.63) is 29.8 Å². The number of sulfonamides is 1. The smallest absolute Gasteiger partial charge is 0.293 e. The fraction of sp³-hybridized carbons (Fsp3) is 0.200. The van der Waals surface area contributed by atoms with Crippen molar-refractivity contribution in [3.63, 3.8) is 0 Å². The highest BCUT2D eigenvalue weighted by Gasteiger charge is 2.22. The minimum Gasteiger partial charge on any atom is -0.394 e. The summed E-state index contributed by atoms with van der Waals surface area (Å²) in [5.74, 6) is 0.685. The molecule has 94 valence electrons. The Hall–Kier alpha value is -1.63. The largest absolute Gasteiger partial charge is 0.394 e. The first-order valence-corrected chi connectivity index (χ1v) is 7.34. The Kier molecular flexibility index (Phi) is 3.81. The molecule has 18 heavy (non-hydrogen) atoms. The van der Waals surface area contributed by atoms with Crippen LogP contribution in [0.2, 0.25) is 0 Å². The van der Waals surface area contributed by atoms with E-state index in [1.807, 2.05) is 0 Å². The Bertz CT molecular complexity index is 633. The molecule has 0 N–H and O–H groups in total. The molecule has 1 aliphatic rings. The van der Waals surface area contributed by atoms with Gasteiger partial charge in [-0.25, -0.2) is 4.79 Å². The molecule has 0 spiro atoms. The highest BCUT2D eigenvalue weighted by Crippen LogP contribution is 2.24. The van der Waals surface area contributed by atoms with E-state index < -0.39 is 10.0 Å². The second kappa shape index (κ2) is 5.34. The Balaban J connectivity index is 2.56. The zero-order valence-corrected chi connectivity index (χ0v) is 10.7. The summed E-state index contributed by atoms with van der Waals surface area (Å²) in [7, 11) is -4.04. The Morgan fingerprint density at radius 2 is 2.17 bits per heavy atom. The van der Waals surface area contributed by atoms with Crippen LogP contribution in [0.25, 0.3) is 0 Å². The Morgan fingerprint density at radius 1 is 1.39 bits per heavy atom. The number of carbonyl (C=O) groups excluding carboxylic acids is 1. The van der Waals surface area contributed by atoms with E-state index in [1.165, 1.54) is 17.8 Å². The lowest BCUT2D eigenvalue weighted by Gasteiger charge is -2.13. The molecule has 0 aliphatic carbocycles. The van der Waals surface area contributed by atoms with Gasteiger partial charge in [-0.05, 0) is 6.07 Å². The summed E-state index contributed by atoms with van der Waals surface area (Å²) in [6, 6.07) is 6.18. The van der Waals surface area contributed by atoms with Crippen LogP contribution in [0.15, 0.2) is 38.7 Å². The maximum Gasteiger partial charge on any atom is 0.293 e. The van der Waals surface area contributed by atoms with Crippen molar-refractivity contribution in [2.45, 2.75) is 4.90 Å². The fourth-order valence-electron chi connectivity index (χ4n) is 1.40. The Morgan fingerprint density at radius 3 is 2.83 bits per heavy atom. The molecular formula is C10H8N2O4S2. The standard InChI is InChI=1S/C10H8N2O4S2/c13-7-11-18(14,15)9-4-2-1-3-8(9)10-12-16-5-6-17-10/h1-4H,5-6H2. The van der Waals surface area contributed by atoms with Gasteiger partial charge in [-0.1, -0.05) is 39.5 Å². The van der Waals surface area contributed by atoms with Crippen molar-refractivity contribution in [2.24, 2.45) is 9.55 Å². The molecule has 0 bridgehead atoms. The van der Waals surface area contributed by atoms with Crippen LogP contribution in [0.4, 0.5) is 0 Å². The summed E-state index contributed by atoms with van der Waals surface area (Å²) in [6.07, 6.45) is 1.05. The average molecular weight is 284 g/mol. The van der Waals surface area contributed by atoms with Crippen molar-refractivity contribution in [1.82, 2.24) is 0 Å². The zero-order valence-electron chi connectivity index (χ0n) is 9.07. The first kappa shape index (κ1) is 12.8. The van der Waals surface area contributed by atoms with E-state index in [9.17, 15) is 13.2 Å². The molecule has 0 radical (unpaired) electrons. The Labute approximate surface area is 108 Å². The van der Waals surface area contributed by atoms with Crippen molar-refractivity contribution in [1.29, 1.82) is 0 Å². The summed E-state index contributed by atoms with van der Waals surface area (Å²) < 4.78 is 26.4. The quantitative estimate of drug-likeness (QED) is 0.613. The molecule has 1 heterocycles. The monoisotopic (exact) mass is 284 g/mol. The predicted molar refractivity (Wildman–Crippen MR) is 66.7 cm³/mol. The summed E-state index contributed by atoms with van der Waals surface area (Å²) in [4.78, 5) is 15.0.